The molecule has 0 fully saturated rings. The van der Waals surface area contributed by atoms with Gasteiger partial charge in [-0.3, -0.25) is 0 Å². The van der Waals surface area contributed by atoms with E-state index in [4.69, 9.17) is 16.3 Å². The summed E-state index contributed by atoms with van der Waals surface area (Å²) in [4.78, 5) is 4.40. The molecule has 1 aromatic heterocycles. The van der Waals surface area contributed by atoms with Crippen molar-refractivity contribution < 1.29 is 4.74 Å². The fourth-order valence-corrected chi connectivity index (χ4v) is 2.25. The van der Waals surface area contributed by atoms with Crippen LogP contribution in [0.15, 0.2) is 5.38 Å². The zero-order valence-corrected chi connectivity index (χ0v) is 9.71. The number of hydrogen-bond donors (Lipinski definition) is 0. The first kappa shape index (κ1) is 11.0. The lowest BCUT2D eigenvalue weighted by molar-refractivity contribution is -0.00164. The Kier molecular flexibility index (Phi) is 3.71. The second kappa shape index (κ2) is 4.40. The quantitative estimate of drug-likeness (QED) is 0.726. The summed E-state index contributed by atoms with van der Waals surface area (Å²) >= 11 is 7.29. The van der Waals surface area contributed by atoms with E-state index in [2.05, 4.69) is 11.9 Å². The molecule has 0 N–H and O–H groups in total. The van der Waals surface area contributed by atoms with Gasteiger partial charge in [0.05, 0.1) is 11.6 Å². The average Bonchev–Trinajstić information content (AvgIpc) is 2.65. The highest BCUT2D eigenvalue weighted by Gasteiger charge is 2.27. The summed E-state index contributed by atoms with van der Waals surface area (Å²) in [5, 5.41) is 2.99. The predicted octanol–water partition coefficient (Wildman–Crippen LogP) is 3.15. The van der Waals surface area contributed by atoms with Crippen molar-refractivity contribution in [3.05, 3.63) is 16.1 Å². The van der Waals surface area contributed by atoms with E-state index >= 15 is 0 Å². The van der Waals surface area contributed by atoms with E-state index in [1.807, 2.05) is 12.3 Å². The van der Waals surface area contributed by atoms with E-state index in [0.29, 0.717) is 5.88 Å². The summed E-state index contributed by atoms with van der Waals surface area (Å²) in [6, 6.07) is 0. The van der Waals surface area contributed by atoms with Gasteiger partial charge in [-0.05, 0) is 13.3 Å². The third-order valence-electron chi connectivity index (χ3n) is 2.27. The third-order valence-corrected chi connectivity index (χ3v) is 3.68. The first-order chi connectivity index (χ1) is 6.16. The van der Waals surface area contributed by atoms with Crippen LogP contribution in [-0.4, -0.2) is 12.1 Å². The van der Waals surface area contributed by atoms with Gasteiger partial charge in [0, 0.05) is 12.5 Å². The molecule has 0 radical (unpaired) electrons. The Hall–Kier alpha value is -0.120. The van der Waals surface area contributed by atoms with Crippen molar-refractivity contribution >= 4 is 22.9 Å². The van der Waals surface area contributed by atoms with Crippen LogP contribution in [0.1, 0.15) is 31.0 Å². The van der Waals surface area contributed by atoms with Crippen LogP contribution in [-0.2, 0) is 16.2 Å². The van der Waals surface area contributed by atoms with Crippen molar-refractivity contribution in [3.63, 3.8) is 0 Å². The summed E-state index contributed by atoms with van der Waals surface area (Å²) in [5.74, 6) is 0.472. The van der Waals surface area contributed by atoms with E-state index in [1.54, 1.807) is 18.4 Å². The molecule has 0 aliphatic rings. The van der Waals surface area contributed by atoms with Gasteiger partial charge >= 0.3 is 0 Å². The lowest BCUT2D eigenvalue weighted by Crippen LogP contribution is -2.22. The standard InChI is InChI=1S/C9H14ClNOS/c1-4-9(2,12-3)8-11-7(5-10)6-13-8/h6H,4-5H2,1-3H3. The van der Waals surface area contributed by atoms with Gasteiger partial charge in [-0.2, -0.15) is 0 Å². The Balaban J connectivity index is 2.91. The van der Waals surface area contributed by atoms with Crippen LogP contribution in [0.5, 0.6) is 0 Å². The van der Waals surface area contributed by atoms with Gasteiger partial charge in [0.15, 0.2) is 0 Å². The summed E-state index contributed by atoms with van der Waals surface area (Å²) in [6.07, 6.45) is 0.915. The molecule has 0 aliphatic heterocycles. The van der Waals surface area contributed by atoms with Crippen molar-refractivity contribution in [1.29, 1.82) is 0 Å². The summed E-state index contributed by atoms with van der Waals surface area (Å²) < 4.78 is 5.44. The maximum Gasteiger partial charge on any atom is 0.125 e. The number of halogens is 1. The lowest BCUT2D eigenvalue weighted by Gasteiger charge is -2.23. The largest absolute Gasteiger partial charge is 0.371 e. The molecule has 2 nitrogen and oxygen atoms in total. The van der Waals surface area contributed by atoms with Gasteiger partial charge in [0.1, 0.15) is 10.6 Å². The molecule has 4 heteroatoms. The minimum absolute atomic E-state index is 0.255. The van der Waals surface area contributed by atoms with Crippen LogP contribution >= 0.6 is 22.9 Å². The average molecular weight is 220 g/mol. The Morgan fingerprint density at radius 2 is 2.38 bits per heavy atom. The molecule has 0 aromatic carbocycles. The molecule has 1 rings (SSSR count). The van der Waals surface area contributed by atoms with Gasteiger partial charge < -0.3 is 4.74 Å². The first-order valence-corrected chi connectivity index (χ1v) is 5.63. The second-order valence-electron chi connectivity index (χ2n) is 3.07. The van der Waals surface area contributed by atoms with Gasteiger partial charge in [-0.1, -0.05) is 6.92 Å². The Morgan fingerprint density at radius 3 is 2.77 bits per heavy atom. The van der Waals surface area contributed by atoms with E-state index in [0.717, 1.165) is 17.1 Å². The summed E-state index contributed by atoms with van der Waals surface area (Å²) in [7, 11) is 1.71. The Labute approximate surface area is 87.9 Å². The van der Waals surface area contributed by atoms with Crippen molar-refractivity contribution in [2.45, 2.75) is 31.7 Å². The van der Waals surface area contributed by atoms with Crippen LogP contribution in [0.25, 0.3) is 0 Å². The molecule has 0 saturated carbocycles. The molecule has 1 unspecified atom stereocenters. The van der Waals surface area contributed by atoms with Crippen LogP contribution in [0, 0.1) is 0 Å². The van der Waals surface area contributed by atoms with E-state index in [1.165, 1.54) is 0 Å². The Bertz CT molecular complexity index is 270. The zero-order chi connectivity index (χ0) is 9.90. The van der Waals surface area contributed by atoms with Gasteiger partial charge in [0.25, 0.3) is 0 Å². The number of methoxy groups -OCH3 is 1. The molecule has 0 aliphatic carbocycles. The molecular formula is C9H14ClNOS. The SMILES string of the molecule is CCC(C)(OC)c1nc(CCl)cs1. The van der Waals surface area contributed by atoms with Crippen molar-refractivity contribution in [2.24, 2.45) is 0 Å². The molecule has 1 heterocycles. The van der Waals surface area contributed by atoms with Gasteiger partial charge in [0.2, 0.25) is 0 Å². The molecule has 1 aromatic rings. The minimum atomic E-state index is -0.255. The summed E-state index contributed by atoms with van der Waals surface area (Å²) in [5.41, 5.74) is 0.674. The summed E-state index contributed by atoms with van der Waals surface area (Å²) in [6.45, 7) is 4.13. The highest BCUT2D eigenvalue weighted by molar-refractivity contribution is 7.09. The van der Waals surface area contributed by atoms with E-state index < -0.39 is 0 Å². The Morgan fingerprint density at radius 1 is 1.69 bits per heavy atom. The fourth-order valence-electron chi connectivity index (χ4n) is 0.994. The van der Waals surface area contributed by atoms with E-state index in [-0.39, 0.29) is 5.60 Å². The molecule has 1 atom stereocenters. The maximum atomic E-state index is 5.68. The molecular weight excluding hydrogens is 206 g/mol. The minimum Gasteiger partial charge on any atom is -0.371 e. The number of nitrogens with zero attached hydrogens (tertiary/aromatic N) is 1. The predicted molar refractivity (Wildman–Crippen MR) is 56.3 cm³/mol. The first-order valence-electron chi connectivity index (χ1n) is 4.22. The van der Waals surface area contributed by atoms with Gasteiger partial charge in [-0.15, -0.1) is 22.9 Å². The number of rotatable bonds is 4. The van der Waals surface area contributed by atoms with Crippen molar-refractivity contribution in [2.75, 3.05) is 7.11 Å². The molecule has 0 amide bonds. The zero-order valence-electron chi connectivity index (χ0n) is 8.13. The van der Waals surface area contributed by atoms with Crippen molar-refractivity contribution in [3.8, 4) is 0 Å². The highest BCUT2D eigenvalue weighted by atomic mass is 35.5. The molecule has 13 heavy (non-hydrogen) atoms. The van der Waals surface area contributed by atoms with E-state index in [9.17, 15) is 0 Å². The number of thiazole rings is 1. The van der Waals surface area contributed by atoms with Crippen LogP contribution in [0.3, 0.4) is 0 Å². The number of alkyl halides is 1. The van der Waals surface area contributed by atoms with Crippen molar-refractivity contribution in [1.82, 2.24) is 4.98 Å². The third kappa shape index (κ3) is 2.22. The monoisotopic (exact) mass is 219 g/mol. The molecule has 0 saturated heterocycles. The van der Waals surface area contributed by atoms with Crippen LogP contribution < -0.4 is 0 Å². The fraction of sp³-hybridized carbons (Fsp3) is 0.667. The molecule has 74 valence electrons. The van der Waals surface area contributed by atoms with Gasteiger partial charge in [-0.25, -0.2) is 4.98 Å². The normalized spacial score (nSPS) is 15.7. The number of hydrogen-bond acceptors (Lipinski definition) is 3. The highest BCUT2D eigenvalue weighted by Crippen LogP contribution is 2.30. The number of aromatic nitrogens is 1. The topological polar surface area (TPSA) is 22.1 Å². The smallest absolute Gasteiger partial charge is 0.125 e. The van der Waals surface area contributed by atoms with Crippen LogP contribution in [0.4, 0.5) is 0 Å². The number of ether oxygens (including phenoxy) is 1. The maximum absolute atomic E-state index is 5.68. The molecule has 0 bridgehead atoms. The lowest BCUT2D eigenvalue weighted by atomic mass is 10.1. The molecule has 0 spiro atoms. The van der Waals surface area contributed by atoms with Crippen LogP contribution in [0.2, 0.25) is 0 Å². The second-order valence-corrected chi connectivity index (χ2v) is 4.19.